The zero-order chi connectivity index (χ0) is 18.7. The highest BCUT2D eigenvalue weighted by Gasteiger charge is 2.09. The average Bonchev–Trinajstić information content (AvgIpc) is 2.74. The molecule has 27 heavy (non-hydrogen) atoms. The van der Waals surface area contributed by atoms with Gasteiger partial charge in [0.1, 0.15) is 12.4 Å². The number of nitrogens with zero attached hydrogens (tertiary/aromatic N) is 1. The number of rotatable bonds is 9. The zero-order valence-corrected chi connectivity index (χ0v) is 15.7. The van der Waals surface area contributed by atoms with Gasteiger partial charge in [-0.05, 0) is 49.2 Å². The van der Waals surface area contributed by atoms with Crippen LogP contribution in [0.2, 0.25) is 0 Å². The number of carbonyl (C=O) groups is 1. The molecule has 2 aromatic rings. The number of ether oxygens (including phenoxy) is 2. The van der Waals surface area contributed by atoms with Crippen LogP contribution in [0.5, 0.6) is 5.75 Å². The molecule has 3 rings (SSSR count). The maximum atomic E-state index is 12.2. The summed E-state index contributed by atoms with van der Waals surface area (Å²) in [6.45, 7) is 6.01. The first-order chi connectivity index (χ1) is 13.3. The van der Waals surface area contributed by atoms with Gasteiger partial charge in [0.25, 0.3) is 5.91 Å². The molecule has 0 spiro atoms. The maximum absolute atomic E-state index is 12.2. The number of carbonyl (C=O) groups excluding carboxylic acids is 1. The minimum Gasteiger partial charge on any atom is -0.489 e. The summed E-state index contributed by atoms with van der Waals surface area (Å²) in [5, 5.41) is 2.99. The monoisotopic (exact) mass is 368 g/mol. The summed E-state index contributed by atoms with van der Waals surface area (Å²) in [6.07, 6.45) is 2.08. The van der Waals surface area contributed by atoms with E-state index in [0.717, 1.165) is 57.0 Å². The number of amides is 1. The molecule has 0 radical (unpaired) electrons. The second-order valence-electron chi connectivity index (χ2n) is 6.72. The molecule has 5 nitrogen and oxygen atoms in total. The fourth-order valence-electron chi connectivity index (χ4n) is 3.03. The van der Waals surface area contributed by atoms with Crippen molar-refractivity contribution >= 4 is 5.91 Å². The molecule has 0 saturated carbocycles. The van der Waals surface area contributed by atoms with Crippen LogP contribution in [0.4, 0.5) is 0 Å². The highest BCUT2D eigenvalue weighted by Crippen LogP contribution is 2.14. The third-order valence-corrected chi connectivity index (χ3v) is 4.66. The van der Waals surface area contributed by atoms with E-state index in [1.54, 1.807) is 0 Å². The number of morpholine rings is 1. The van der Waals surface area contributed by atoms with Crippen LogP contribution in [0, 0.1) is 0 Å². The van der Waals surface area contributed by atoms with Gasteiger partial charge in [-0.2, -0.15) is 0 Å². The molecule has 1 aliphatic heterocycles. The maximum Gasteiger partial charge on any atom is 0.251 e. The SMILES string of the molecule is O=C(NCCCCN1CCOCC1)c1ccc(OCc2ccccc2)cc1. The van der Waals surface area contributed by atoms with Crippen LogP contribution >= 0.6 is 0 Å². The normalized spacial score (nSPS) is 14.7. The summed E-state index contributed by atoms with van der Waals surface area (Å²) < 4.78 is 11.1. The van der Waals surface area contributed by atoms with Gasteiger partial charge < -0.3 is 14.8 Å². The molecule has 1 amide bonds. The minimum absolute atomic E-state index is 0.0315. The molecule has 0 atom stereocenters. The van der Waals surface area contributed by atoms with E-state index in [4.69, 9.17) is 9.47 Å². The summed E-state index contributed by atoms with van der Waals surface area (Å²) in [6, 6.07) is 17.3. The summed E-state index contributed by atoms with van der Waals surface area (Å²) in [7, 11) is 0. The summed E-state index contributed by atoms with van der Waals surface area (Å²) in [5.74, 6) is 0.733. The molecule has 0 unspecified atom stereocenters. The average molecular weight is 368 g/mol. The molecule has 1 heterocycles. The number of hydrogen-bond donors (Lipinski definition) is 1. The van der Waals surface area contributed by atoms with Gasteiger partial charge in [-0.25, -0.2) is 0 Å². The predicted molar refractivity (Wildman–Crippen MR) is 106 cm³/mol. The van der Waals surface area contributed by atoms with E-state index < -0.39 is 0 Å². The van der Waals surface area contributed by atoms with Crippen molar-refractivity contribution in [2.24, 2.45) is 0 Å². The quantitative estimate of drug-likeness (QED) is 0.691. The zero-order valence-electron chi connectivity index (χ0n) is 15.7. The second kappa shape index (κ2) is 10.7. The molecule has 1 fully saturated rings. The van der Waals surface area contributed by atoms with Crippen molar-refractivity contribution in [2.45, 2.75) is 19.4 Å². The fraction of sp³-hybridized carbons (Fsp3) is 0.409. The summed E-state index contributed by atoms with van der Waals surface area (Å²) in [5.41, 5.74) is 1.78. The van der Waals surface area contributed by atoms with Crippen LogP contribution in [0.15, 0.2) is 54.6 Å². The van der Waals surface area contributed by atoms with Gasteiger partial charge in [0, 0.05) is 25.2 Å². The van der Waals surface area contributed by atoms with Gasteiger partial charge in [-0.15, -0.1) is 0 Å². The molecule has 0 bridgehead atoms. The molecule has 0 aliphatic carbocycles. The van der Waals surface area contributed by atoms with Crippen LogP contribution in [0.1, 0.15) is 28.8 Å². The molecule has 2 aromatic carbocycles. The summed E-state index contributed by atoms with van der Waals surface area (Å²) >= 11 is 0. The smallest absolute Gasteiger partial charge is 0.251 e. The van der Waals surface area contributed by atoms with E-state index in [9.17, 15) is 4.79 Å². The lowest BCUT2D eigenvalue weighted by molar-refractivity contribution is 0.0372. The number of benzene rings is 2. The lowest BCUT2D eigenvalue weighted by atomic mass is 10.2. The van der Waals surface area contributed by atoms with Gasteiger partial charge >= 0.3 is 0 Å². The van der Waals surface area contributed by atoms with Gasteiger partial charge in [0.2, 0.25) is 0 Å². The Kier molecular flexibility index (Phi) is 7.69. The molecule has 1 N–H and O–H groups in total. The molecular formula is C22H28N2O3. The third-order valence-electron chi connectivity index (χ3n) is 4.66. The molecule has 1 saturated heterocycles. The van der Waals surface area contributed by atoms with E-state index >= 15 is 0 Å². The van der Waals surface area contributed by atoms with Crippen molar-refractivity contribution in [2.75, 3.05) is 39.4 Å². The first-order valence-corrected chi connectivity index (χ1v) is 9.66. The van der Waals surface area contributed by atoms with E-state index in [0.29, 0.717) is 18.7 Å². The topological polar surface area (TPSA) is 50.8 Å². The largest absolute Gasteiger partial charge is 0.489 e. The van der Waals surface area contributed by atoms with Gasteiger partial charge in [0.15, 0.2) is 0 Å². The lowest BCUT2D eigenvalue weighted by Crippen LogP contribution is -2.37. The van der Waals surface area contributed by atoms with Crippen molar-refractivity contribution in [1.82, 2.24) is 10.2 Å². The van der Waals surface area contributed by atoms with Crippen molar-refractivity contribution in [3.05, 3.63) is 65.7 Å². The number of nitrogens with one attached hydrogen (secondary N) is 1. The Bertz CT molecular complexity index is 682. The van der Waals surface area contributed by atoms with E-state index in [1.807, 2.05) is 54.6 Å². The van der Waals surface area contributed by atoms with Crippen molar-refractivity contribution in [1.29, 1.82) is 0 Å². The van der Waals surface area contributed by atoms with Crippen molar-refractivity contribution in [3.8, 4) is 5.75 Å². The van der Waals surface area contributed by atoms with Crippen LogP contribution in [0.25, 0.3) is 0 Å². The van der Waals surface area contributed by atoms with Crippen LogP contribution in [0.3, 0.4) is 0 Å². The minimum atomic E-state index is -0.0315. The van der Waals surface area contributed by atoms with E-state index in [1.165, 1.54) is 0 Å². The standard InChI is InChI=1S/C22H28N2O3/c25-22(23-12-4-5-13-24-14-16-26-17-15-24)20-8-10-21(11-9-20)27-18-19-6-2-1-3-7-19/h1-3,6-11H,4-5,12-18H2,(H,23,25). The molecule has 0 aromatic heterocycles. The summed E-state index contributed by atoms with van der Waals surface area (Å²) in [4.78, 5) is 14.6. The fourth-order valence-corrected chi connectivity index (χ4v) is 3.03. The number of hydrogen-bond acceptors (Lipinski definition) is 4. The molecule has 1 aliphatic rings. The third kappa shape index (κ3) is 6.70. The van der Waals surface area contributed by atoms with E-state index in [-0.39, 0.29) is 5.91 Å². The van der Waals surface area contributed by atoms with Crippen molar-refractivity contribution < 1.29 is 14.3 Å². The predicted octanol–water partition coefficient (Wildman–Crippen LogP) is 3.11. The Hall–Kier alpha value is -2.37. The van der Waals surface area contributed by atoms with Crippen molar-refractivity contribution in [3.63, 3.8) is 0 Å². The first kappa shape index (κ1) is 19.4. The lowest BCUT2D eigenvalue weighted by Gasteiger charge is -2.26. The van der Waals surface area contributed by atoms with Gasteiger partial charge in [-0.1, -0.05) is 30.3 Å². The van der Waals surface area contributed by atoms with Gasteiger partial charge in [0.05, 0.1) is 13.2 Å². The number of unbranched alkanes of at least 4 members (excludes halogenated alkanes) is 1. The van der Waals surface area contributed by atoms with Gasteiger partial charge in [-0.3, -0.25) is 9.69 Å². The molecule has 5 heteroatoms. The molecule has 144 valence electrons. The Morgan fingerprint density at radius 2 is 1.74 bits per heavy atom. The Labute approximate surface area is 161 Å². The highest BCUT2D eigenvalue weighted by molar-refractivity contribution is 5.94. The first-order valence-electron chi connectivity index (χ1n) is 9.66. The Balaban J connectivity index is 1.33. The van der Waals surface area contributed by atoms with Crippen LogP contribution in [-0.2, 0) is 11.3 Å². The molecular weight excluding hydrogens is 340 g/mol. The second-order valence-corrected chi connectivity index (χ2v) is 6.72. The highest BCUT2D eigenvalue weighted by atomic mass is 16.5. The van der Waals surface area contributed by atoms with Crippen LogP contribution in [-0.4, -0.2) is 50.2 Å². The Morgan fingerprint density at radius 3 is 2.48 bits per heavy atom. The van der Waals surface area contributed by atoms with Crippen LogP contribution < -0.4 is 10.1 Å². The van der Waals surface area contributed by atoms with E-state index in [2.05, 4.69) is 10.2 Å². The Morgan fingerprint density at radius 1 is 1.00 bits per heavy atom.